The zero-order chi connectivity index (χ0) is 37.6. The van der Waals surface area contributed by atoms with Crippen LogP contribution in [0.5, 0.6) is 0 Å². The Balaban J connectivity index is 1.29. The van der Waals surface area contributed by atoms with Gasteiger partial charge in [0.2, 0.25) is 0 Å². The summed E-state index contributed by atoms with van der Waals surface area (Å²) in [5.41, 5.74) is 15.5. The first kappa shape index (κ1) is 33.7. The normalized spacial score (nSPS) is 11.3. The van der Waals surface area contributed by atoms with Gasteiger partial charge in [0.15, 0.2) is 17.5 Å². The van der Waals surface area contributed by atoms with Gasteiger partial charge in [-0.15, -0.1) is 0 Å². The molecule has 0 fully saturated rings. The van der Waals surface area contributed by atoms with E-state index in [1.54, 1.807) is 0 Å². The number of aromatic nitrogens is 4. The van der Waals surface area contributed by atoms with Gasteiger partial charge in [-0.2, -0.15) is 5.26 Å². The second kappa shape index (κ2) is 13.7. The molecule has 7 aromatic carbocycles. The number of rotatable bonds is 6. The molecule has 2 aromatic heterocycles. The topological polar surface area (TPSA) is 67.4 Å². The summed E-state index contributed by atoms with van der Waals surface area (Å²) in [6.07, 6.45) is 0. The fourth-order valence-electron chi connectivity index (χ4n) is 7.81. The van der Waals surface area contributed by atoms with Crippen LogP contribution in [0.4, 0.5) is 0 Å². The van der Waals surface area contributed by atoms with Crippen molar-refractivity contribution in [3.63, 3.8) is 0 Å². The smallest absolute Gasteiger partial charge is 0.164 e. The molecule has 0 aliphatic rings. The monoisotopic (exact) mass is 707 g/mol. The Morgan fingerprint density at radius 1 is 0.400 bits per heavy atom. The quantitative estimate of drug-likeness (QED) is 0.173. The lowest BCUT2D eigenvalue weighted by atomic mass is 9.97. The Hall–Kier alpha value is -7.16. The van der Waals surface area contributed by atoms with Gasteiger partial charge in [-0.05, 0) is 92.4 Å². The highest BCUT2D eigenvalue weighted by atomic mass is 15.0. The van der Waals surface area contributed by atoms with E-state index in [1.807, 2.05) is 78.9 Å². The number of hydrogen-bond acceptors (Lipinski definition) is 4. The first-order chi connectivity index (χ1) is 26.8. The van der Waals surface area contributed by atoms with E-state index in [4.69, 9.17) is 15.0 Å². The minimum Gasteiger partial charge on any atom is -0.308 e. The molecule has 0 saturated heterocycles. The van der Waals surface area contributed by atoms with E-state index in [9.17, 15) is 5.26 Å². The van der Waals surface area contributed by atoms with E-state index >= 15 is 0 Å². The van der Waals surface area contributed by atoms with Gasteiger partial charge < -0.3 is 4.57 Å². The predicted octanol–water partition coefficient (Wildman–Crippen LogP) is 12.4. The van der Waals surface area contributed by atoms with E-state index < -0.39 is 0 Å². The van der Waals surface area contributed by atoms with Gasteiger partial charge in [-0.25, -0.2) is 15.0 Å². The van der Waals surface area contributed by atoms with Crippen molar-refractivity contribution in [2.24, 2.45) is 0 Å². The van der Waals surface area contributed by atoms with Crippen LogP contribution in [0.2, 0.25) is 0 Å². The van der Waals surface area contributed by atoms with Crippen LogP contribution in [0, 0.1) is 39.0 Å². The predicted molar refractivity (Wildman–Crippen MR) is 225 cm³/mol. The molecule has 9 aromatic rings. The Morgan fingerprint density at radius 3 is 1.25 bits per heavy atom. The fourth-order valence-corrected chi connectivity index (χ4v) is 7.81. The summed E-state index contributed by atoms with van der Waals surface area (Å²) in [4.78, 5) is 14.9. The number of aryl methyl sites for hydroxylation is 4. The summed E-state index contributed by atoms with van der Waals surface area (Å²) in [5, 5.41) is 12.8. The Bertz CT molecular complexity index is 2760. The first-order valence-electron chi connectivity index (χ1n) is 18.5. The maximum absolute atomic E-state index is 10.6. The fraction of sp³-hybridized carbons (Fsp3) is 0.0800. The third-order valence-electron chi connectivity index (χ3n) is 10.2. The third-order valence-corrected chi connectivity index (χ3v) is 10.2. The number of fused-ring (bicyclic) bond motifs is 3. The van der Waals surface area contributed by atoms with Gasteiger partial charge in [0.1, 0.15) is 6.07 Å². The molecule has 0 amide bonds. The molecule has 0 unspecified atom stereocenters. The van der Waals surface area contributed by atoms with Crippen LogP contribution in [-0.2, 0) is 0 Å². The molecule has 0 aliphatic carbocycles. The van der Waals surface area contributed by atoms with Gasteiger partial charge >= 0.3 is 0 Å². The standard InChI is InChI=1S/C50H37N5/c1-31-21-32(2)24-41(23-31)37-17-19-45-43(27-37)44-28-38(42-25-33(3)22-34(4)26-42)18-20-46(44)55(45)47-29-39(15-16-40(47)30-51)50-53-48(35-11-7-5-8-12-35)52-49(54-50)36-13-9-6-10-14-36/h5-29H,1-4H3. The highest BCUT2D eigenvalue weighted by molar-refractivity contribution is 6.12. The van der Waals surface area contributed by atoms with Gasteiger partial charge in [0.05, 0.1) is 22.3 Å². The molecule has 0 N–H and O–H groups in total. The molecule has 5 heteroatoms. The van der Waals surface area contributed by atoms with Gasteiger partial charge in [-0.3, -0.25) is 0 Å². The molecule has 5 nitrogen and oxygen atoms in total. The largest absolute Gasteiger partial charge is 0.308 e. The van der Waals surface area contributed by atoms with Crippen LogP contribution < -0.4 is 0 Å². The molecule has 0 aliphatic heterocycles. The molecule has 262 valence electrons. The molecule has 2 heterocycles. The minimum absolute atomic E-state index is 0.536. The van der Waals surface area contributed by atoms with Crippen molar-refractivity contribution in [1.29, 1.82) is 5.26 Å². The van der Waals surface area contributed by atoms with Crippen molar-refractivity contribution in [2.75, 3.05) is 0 Å². The summed E-state index contributed by atoms with van der Waals surface area (Å²) in [7, 11) is 0. The molecule has 9 rings (SSSR count). The second-order valence-electron chi connectivity index (χ2n) is 14.4. The van der Waals surface area contributed by atoms with E-state index in [1.165, 1.54) is 33.4 Å². The van der Waals surface area contributed by atoms with E-state index in [2.05, 4.69) is 111 Å². The molecule has 0 bridgehead atoms. The zero-order valence-electron chi connectivity index (χ0n) is 31.2. The maximum atomic E-state index is 10.6. The van der Waals surface area contributed by atoms with Gasteiger partial charge in [0.25, 0.3) is 0 Å². The Kier molecular flexibility index (Phi) is 8.37. The van der Waals surface area contributed by atoms with Crippen molar-refractivity contribution in [3.05, 3.63) is 179 Å². The molecule has 0 saturated carbocycles. The molecule has 0 radical (unpaired) electrons. The highest BCUT2D eigenvalue weighted by Crippen LogP contribution is 2.39. The average Bonchev–Trinajstić information content (AvgIpc) is 3.53. The number of benzene rings is 7. The Morgan fingerprint density at radius 2 is 0.818 bits per heavy atom. The van der Waals surface area contributed by atoms with Gasteiger partial charge in [0, 0.05) is 27.5 Å². The molecular formula is C50H37N5. The van der Waals surface area contributed by atoms with Crippen LogP contribution in [-0.4, -0.2) is 19.5 Å². The maximum Gasteiger partial charge on any atom is 0.164 e. The van der Waals surface area contributed by atoms with Crippen LogP contribution in [0.3, 0.4) is 0 Å². The lowest BCUT2D eigenvalue weighted by molar-refractivity contribution is 1.07. The summed E-state index contributed by atoms with van der Waals surface area (Å²) in [6.45, 7) is 8.58. The second-order valence-corrected chi connectivity index (χ2v) is 14.4. The van der Waals surface area contributed by atoms with Crippen LogP contribution >= 0.6 is 0 Å². The molecule has 0 atom stereocenters. The average molecular weight is 708 g/mol. The van der Waals surface area contributed by atoms with Gasteiger partial charge in [-0.1, -0.05) is 131 Å². The van der Waals surface area contributed by atoms with Crippen molar-refractivity contribution in [2.45, 2.75) is 27.7 Å². The molecule has 55 heavy (non-hydrogen) atoms. The van der Waals surface area contributed by atoms with E-state index in [0.717, 1.165) is 55.3 Å². The summed E-state index contributed by atoms with van der Waals surface area (Å²) in [5.74, 6) is 1.71. The van der Waals surface area contributed by atoms with Crippen molar-refractivity contribution < 1.29 is 0 Å². The van der Waals surface area contributed by atoms with Crippen LogP contribution in [0.1, 0.15) is 27.8 Å². The minimum atomic E-state index is 0.536. The van der Waals surface area contributed by atoms with Crippen molar-refractivity contribution >= 4 is 21.8 Å². The molecule has 0 spiro atoms. The summed E-state index contributed by atoms with van der Waals surface area (Å²) >= 11 is 0. The number of nitriles is 1. The number of hydrogen-bond donors (Lipinski definition) is 0. The number of nitrogens with zero attached hydrogens (tertiary/aromatic N) is 5. The van der Waals surface area contributed by atoms with E-state index in [0.29, 0.717) is 23.0 Å². The lowest BCUT2D eigenvalue weighted by Gasteiger charge is -2.13. The molecular weight excluding hydrogens is 671 g/mol. The first-order valence-corrected chi connectivity index (χ1v) is 18.5. The van der Waals surface area contributed by atoms with Crippen LogP contribution in [0.15, 0.2) is 152 Å². The van der Waals surface area contributed by atoms with Crippen molar-refractivity contribution in [3.8, 4) is 68.2 Å². The summed E-state index contributed by atoms with van der Waals surface area (Å²) < 4.78 is 2.22. The summed E-state index contributed by atoms with van der Waals surface area (Å²) in [6, 6.07) is 55.1. The zero-order valence-corrected chi connectivity index (χ0v) is 31.2. The SMILES string of the molecule is Cc1cc(C)cc(-c2ccc3c(c2)c2cc(-c4cc(C)cc(C)c4)ccc2n3-c2cc(-c3nc(-c4ccccc4)nc(-c4ccccc4)n3)ccc2C#N)c1. The van der Waals surface area contributed by atoms with E-state index in [-0.39, 0.29) is 0 Å². The Labute approximate surface area is 320 Å². The highest BCUT2D eigenvalue weighted by Gasteiger charge is 2.20. The lowest BCUT2D eigenvalue weighted by Crippen LogP contribution is -2.02. The third kappa shape index (κ3) is 6.34. The van der Waals surface area contributed by atoms with Crippen molar-refractivity contribution in [1.82, 2.24) is 19.5 Å². The van der Waals surface area contributed by atoms with Crippen LogP contribution in [0.25, 0.3) is 83.9 Å².